The second kappa shape index (κ2) is 5.42. The zero-order valence-corrected chi connectivity index (χ0v) is 12.7. The van der Waals surface area contributed by atoms with Gasteiger partial charge in [0.2, 0.25) is 5.95 Å². The standard InChI is InChI=1S/C15H15N5OS/c21-14-13-12(3-9-22-13)17-15(18-14)20-7-5-19(6-8-20)11-2-1-4-16-10-11/h1-4,9-10H,5-8H2,(H,17,18,21). The molecule has 0 atom stereocenters. The average Bonchev–Trinajstić information content (AvgIpc) is 3.05. The minimum Gasteiger partial charge on any atom is -0.367 e. The number of aromatic nitrogens is 3. The number of hydrogen-bond donors (Lipinski definition) is 1. The molecule has 3 aromatic heterocycles. The zero-order valence-electron chi connectivity index (χ0n) is 11.9. The van der Waals surface area contributed by atoms with Gasteiger partial charge in [-0.05, 0) is 23.6 Å². The predicted octanol–water partition coefficient (Wildman–Crippen LogP) is 1.71. The summed E-state index contributed by atoms with van der Waals surface area (Å²) in [5.41, 5.74) is 1.86. The molecular weight excluding hydrogens is 298 g/mol. The van der Waals surface area contributed by atoms with Crippen molar-refractivity contribution in [1.82, 2.24) is 15.0 Å². The molecule has 6 nitrogen and oxygen atoms in total. The highest BCUT2D eigenvalue weighted by Gasteiger charge is 2.19. The van der Waals surface area contributed by atoms with Crippen LogP contribution in [0.1, 0.15) is 0 Å². The van der Waals surface area contributed by atoms with Gasteiger partial charge in [-0.25, -0.2) is 4.98 Å². The Kier molecular flexibility index (Phi) is 3.27. The van der Waals surface area contributed by atoms with Gasteiger partial charge in [0, 0.05) is 32.4 Å². The summed E-state index contributed by atoms with van der Waals surface area (Å²) < 4.78 is 0.692. The van der Waals surface area contributed by atoms with Crippen molar-refractivity contribution < 1.29 is 0 Å². The maximum absolute atomic E-state index is 12.1. The molecule has 4 heterocycles. The smallest absolute Gasteiger partial charge is 0.270 e. The lowest BCUT2D eigenvalue weighted by atomic mass is 10.3. The number of piperazine rings is 1. The van der Waals surface area contributed by atoms with Gasteiger partial charge in [-0.15, -0.1) is 11.3 Å². The summed E-state index contributed by atoms with van der Waals surface area (Å²) in [6.07, 6.45) is 3.66. The van der Waals surface area contributed by atoms with Gasteiger partial charge in [0.05, 0.1) is 17.4 Å². The molecular formula is C15H15N5OS. The molecule has 3 aromatic rings. The number of H-pyrrole nitrogens is 1. The number of anilines is 2. The Labute approximate surface area is 131 Å². The van der Waals surface area contributed by atoms with Gasteiger partial charge in [0.1, 0.15) is 4.70 Å². The normalized spacial score (nSPS) is 15.5. The molecule has 1 aliphatic heterocycles. The summed E-state index contributed by atoms with van der Waals surface area (Å²) >= 11 is 1.43. The van der Waals surface area contributed by atoms with E-state index in [0.717, 1.165) is 37.4 Å². The lowest BCUT2D eigenvalue weighted by molar-refractivity contribution is 0.640. The second-order valence-electron chi connectivity index (χ2n) is 5.21. The van der Waals surface area contributed by atoms with Crippen LogP contribution in [0.25, 0.3) is 10.2 Å². The number of thiophene rings is 1. The van der Waals surface area contributed by atoms with Gasteiger partial charge < -0.3 is 9.80 Å². The van der Waals surface area contributed by atoms with Gasteiger partial charge in [0.15, 0.2) is 0 Å². The topological polar surface area (TPSA) is 65.1 Å². The van der Waals surface area contributed by atoms with Gasteiger partial charge in [-0.3, -0.25) is 14.8 Å². The number of nitrogens with zero attached hydrogens (tertiary/aromatic N) is 4. The van der Waals surface area contributed by atoms with E-state index in [9.17, 15) is 4.79 Å². The van der Waals surface area contributed by atoms with Crippen LogP contribution >= 0.6 is 11.3 Å². The Bertz CT molecular complexity index is 836. The predicted molar refractivity (Wildman–Crippen MR) is 88.9 cm³/mol. The van der Waals surface area contributed by atoms with E-state index >= 15 is 0 Å². The minimum atomic E-state index is -0.0512. The van der Waals surface area contributed by atoms with Crippen LogP contribution in [0.2, 0.25) is 0 Å². The summed E-state index contributed by atoms with van der Waals surface area (Å²) in [6, 6.07) is 5.91. The number of pyridine rings is 1. The first-order chi connectivity index (χ1) is 10.8. The van der Waals surface area contributed by atoms with Crippen LogP contribution in [-0.2, 0) is 0 Å². The first-order valence-electron chi connectivity index (χ1n) is 7.19. The summed E-state index contributed by atoms with van der Waals surface area (Å²) in [6.45, 7) is 3.43. The van der Waals surface area contributed by atoms with Gasteiger partial charge in [0.25, 0.3) is 5.56 Å². The highest BCUT2D eigenvalue weighted by Crippen LogP contribution is 2.19. The van der Waals surface area contributed by atoms with Crippen molar-refractivity contribution in [1.29, 1.82) is 0 Å². The third kappa shape index (κ3) is 2.33. The number of nitrogens with one attached hydrogen (secondary N) is 1. The molecule has 0 saturated carbocycles. The van der Waals surface area contributed by atoms with E-state index in [4.69, 9.17) is 0 Å². The Morgan fingerprint density at radius 3 is 2.73 bits per heavy atom. The van der Waals surface area contributed by atoms with E-state index in [-0.39, 0.29) is 5.56 Å². The Morgan fingerprint density at radius 2 is 1.95 bits per heavy atom. The van der Waals surface area contributed by atoms with Crippen LogP contribution in [0.5, 0.6) is 0 Å². The molecule has 1 saturated heterocycles. The van der Waals surface area contributed by atoms with Crippen LogP contribution in [0, 0.1) is 0 Å². The molecule has 0 aromatic carbocycles. The molecule has 0 radical (unpaired) electrons. The fourth-order valence-electron chi connectivity index (χ4n) is 2.73. The Balaban J connectivity index is 1.54. The van der Waals surface area contributed by atoms with Gasteiger partial charge in [-0.1, -0.05) is 0 Å². The first kappa shape index (κ1) is 13.3. The molecule has 22 heavy (non-hydrogen) atoms. The number of rotatable bonds is 2. The summed E-state index contributed by atoms with van der Waals surface area (Å²) in [4.78, 5) is 28.1. The third-order valence-corrected chi connectivity index (χ3v) is 4.80. The molecule has 7 heteroatoms. The van der Waals surface area contributed by atoms with Crippen LogP contribution in [-0.4, -0.2) is 41.1 Å². The van der Waals surface area contributed by atoms with Crippen LogP contribution in [0.4, 0.5) is 11.6 Å². The van der Waals surface area contributed by atoms with E-state index in [2.05, 4.69) is 30.8 Å². The lowest BCUT2D eigenvalue weighted by Crippen LogP contribution is -2.47. The van der Waals surface area contributed by atoms with Crippen molar-refractivity contribution in [3.8, 4) is 0 Å². The van der Waals surface area contributed by atoms with E-state index in [0.29, 0.717) is 10.6 Å². The average molecular weight is 313 g/mol. The fraction of sp³-hybridized carbons (Fsp3) is 0.267. The molecule has 112 valence electrons. The molecule has 1 N–H and O–H groups in total. The van der Waals surface area contributed by atoms with Crippen molar-refractivity contribution in [2.45, 2.75) is 0 Å². The van der Waals surface area contributed by atoms with Crippen molar-refractivity contribution >= 4 is 33.2 Å². The molecule has 0 spiro atoms. The Hall–Kier alpha value is -2.41. The van der Waals surface area contributed by atoms with Crippen molar-refractivity contribution in [3.05, 3.63) is 46.3 Å². The summed E-state index contributed by atoms with van der Waals surface area (Å²) in [5, 5.41) is 1.90. The number of fused-ring (bicyclic) bond motifs is 1. The number of aromatic amines is 1. The maximum Gasteiger partial charge on any atom is 0.270 e. The van der Waals surface area contributed by atoms with E-state index in [1.165, 1.54) is 11.3 Å². The van der Waals surface area contributed by atoms with Crippen molar-refractivity contribution in [3.63, 3.8) is 0 Å². The monoisotopic (exact) mass is 313 g/mol. The van der Waals surface area contributed by atoms with Gasteiger partial charge >= 0.3 is 0 Å². The highest BCUT2D eigenvalue weighted by atomic mass is 32.1. The molecule has 1 aliphatic rings. The molecule has 0 aliphatic carbocycles. The maximum atomic E-state index is 12.1. The molecule has 0 bridgehead atoms. The van der Waals surface area contributed by atoms with E-state index in [1.54, 1.807) is 6.20 Å². The first-order valence-corrected chi connectivity index (χ1v) is 8.07. The SMILES string of the molecule is O=c1[nH]c(N2CCN(c3cccnc3)CC2)nc2ccsc12. The van der Waals surface area contributed by atoms with E-state index < -0.39 is 0 Å². The summed E-state index contributed by atoms with van der Waals surface area (Å²) in [7, 11) is 0. The second-order valence-corrected chi connectivity index (χ2v) is 6.13. The quantitative estimate of drug-likeness (QED) is 0.780. The van der Waals surface area contributed by atoms with Crippen LogP contribution in [0.15, 0.2) is 40.8 Å². The fourth-order valence-corrected chi connectivity index (χ4v) is 3.45. The molecule has 4 rings (SSSR count). The number of hydrogen-bond acceptors (Lipinski definition) is 6. The Morgan fingerprint density at radius 1 is 1.14 bits per heavy atom. The molecule has 0 amide bonds. The van der Waals surface area contributed by atoms with Crippen molar-refractivity contribution in [2.24, 2.45) is 0 Å². The largest absolute Gasteiger partial charge is 0.367 e. The van der Waals surface area contributed by atoms with Crippen LogP contribution in [0.3, 0.4) is 0 Å². The van der Waals surface area contributed by atoms with Crippen molar-refractivity contribution in [2.75, 3.05) is 36.0 Å². The minimum absolute atomic E-state index is 0.0512. The van der Waals surface area contributed by atoms with E-state index in [1.807, 2.05) is 23.7 Å². The van der Waals surface area contributed by atoms with Crippen LogP contribution < -0.4 is 15.4 Å². The highest BCUT2D eigenvalue weighted by molar-refractivity contribution is 7.17. The molecule has 1 fully saturated rings. The third-order valence-electron chi connectivity index (χ3n) is 3.89. The zero-order chi connectivity index (χ0) is 14.9. The lowest BCUT2D eigenvalue weighted by Gasteiger charge is -2.36. The molecule has 0 unspecified atom stereocenters. The summed E-state index contributed by atoms with van der Waals surface area (Å²) in [5.74, 6) is 0.668. The van der Waals surface area contributed by atoms with Gasteiger partial charge in [-0.2, -0.15) is 0 Å².